The van der Waals surface area contributed by atoms with Crippen molar-refractivity contribution in [2.24, 2.45) is 0 Å². The van der Waals surface area contributed by atoms with E-state index in [9.17, 15) is 4.79 Å². The van der Waals surface area contributed by atoms with Crippen LogP contribution in [-0.2, 0) is 4.79 Å². The number of carbonyl (C=O) groups is 1. The van der Waals surface area contributed by atoms with Crippen LogP contribution in [0.15, 0.2) is 54.6 Å². The number of hydrogen-bond acceptors (Lipinski definition) is 2. The molecule has 106 valence electrons. The fraction of sp³-hybridized carbons (Fsp3) is 0.167. The van der Waals surface area contributed by atoms with Gasteiger partial charge < -0.3 is 9.84 Å². The van der Waals surface area contributed by atoms with Gasteiger partial charge in [0.15, 0.2) is 0 Å². The van der Waals surface area contributed by atoms with Crippen molar-refractivity contribution in [2.45, 2.75) is 12.8 Å². The molecule has 1 aliphatic heterocycles. The van der Waals surface area contributed by atoms with E-state index in [1.807, 2.05) is 48.5 Å². The normalized spacial score (nSPS) is 15.9. The molecule has 0 saturated carbocycles. The second kappa shape index (κ2) is 5.83. The minimum Gasteiger partial charge on any atom is -0.493 e. The first-order valence-corrected chi connectivity index (χ1v) is 7.00. The van der Waals surface area contributed by atoms with Crippen LogP contribution in [0, 0.1) is 0 Å². The van der Waals surface area contributed by atoms with Crippen LogP contribution in [0.5, 0.6) is 5.75 Å². The summed E-state index contributed by atoms with van der Waals surface area (Å²) in [4.78, 5) is 11.0. The number of hydrogen-bond donors (Lipinski definition) is 1. The molecule has 1 heterocycles. The van der Waals surface area contributed by atoms with Crippen molar-refractivity contribution in [1.29, 1.82) is 0 Å². The second-order valence-corrected chi connectivity index (χ2v) is 5.04. The Morgan fingerprint density at radius 1 is 1.10 bits per heavy atom. The van der Waals surface area contributed by atoms with Crippen LogP contribution in [0.4, 0.5) is 0 Å². The Kier molecular flexibility index (Phi) is 3.73. The monoisotopic (exact) mass is 280 g/mol. The summed E-state index contributed by atoms with van der Waals surface area (Å²) >= 11 is 0. The molecule has 0 saturated heterocycles. The summed E-state index contributed by atoms with van der Waals surface area (Å²) in [5.41, 5.74) is 3.89. The first kappa shape index (κ1) is 13.4. The van der Waals surface area contributed by atoms with Crippen molar-refractivity contribution in [1.82, 2.24) is 0 Å². The molecule has 3 nitrogen and oxygen atoms in total. The minimum atomic E-state index is -0.914. The topological polar surface area (TPSA) is 46.5 Å². The van der Waals surface area contributed by atoms with Crippen LogP contribution in [0.1, 0.15) is 18.4 Å². The van der Waals surface area contributed by atoms with E-state index in [1.165, 1.54) is 6.08 Å². The summed E-state index contributed by atoms with van der Waals surface area (Å²) in [6.07, 6.45) is 2.84. The summed E-state index contributed by atoms with van der Waals surface area (Å²) in [5, 5.41) is 9.05. The molecule has 0 aliphatic carbocycles. The molecule has 3 heteroatoms. The third-order valence-electron chi connectivity index (χ3n) is 3.58. The Morgan fingerprint density at radius 3 is 2.67 bits per heavy atom. The average Bonchev–Trinajstić information content (AvgIpc) is 2.70. The third-order valence-corrected chi connectivity index (χ3v) is 3.58. The van der Waals surface area contributed by atoms with Crippen molar-refractivity contribution in [3.63, 3.8) is 0 Å². The summed E-state index contributed by atoms with van der Waals surface area (Å²) in [6, 6.07) is 16.0. The number of rotatable bonds is 2. The van der Waals surface area contributed by atoms with Crippen LogP contribution in [-0.4, -0.2) is 17.7 Å². The predicted molar refractivity (Wildman–Crippen MR) is 82.2 cm³/mol. The van der Waals surface area contributed by atoms with Gasteiger partial charge in [0.2, 0.25) is 0 Å². The number of allylic oxidation sites excluding steroid dienone is 1. The first-order valence-electron chi connectivity index (χ1n) is 7.00. The molecule has 0 unspecified atom stereocenters. The zero-order valence-corrected chi connectivity index (χ0v) is 11.6. The van der Waals surface area contributed by atoms with Crippen LogP contribution in [0.25, 0.3) is 16.7 Å². The highest BCUT2D eigenvalue weighted by atomic mass is 16.5. The molecule has 2 aromatic rings. The Bertz CT molecular complexity index is 687. The number of carboxylic acid groups (broad SMARTS) is 1. The molecule has 0 spiro atoms. The maximum Gasteiger partial charge on any atom is 0.328 e. The standard InChI is InChI=1S/C18H16O3/c19-18(20)12-15-7-4-10-21-17-9-8-14(11-16(15)17)13-5-2-1-3-6-13/h1-3,5-6,8-9,11-12H,4,7,10H2,(H,19,20)/b15-12+. The minimum absolute atomic E-state index is 0.620. The van der Waals surface area contributed by atoms with E-state index in [0.29, 0.717) is 6.61 Å². The summed E-state index contributed by atoms with van der Waals surface area (Å²) < 4.78 is 5.72. The van der Waals surface area contributed by atoms with Gasteiger partial charge in [0.1, 0.15) is 5.75 Å². The molecule has 0 amide bonds. The Morgan fingerprint density at radius 2 is 1.90 bits per heavy atom. The van der Waals surface area contributed by atoms with Crippen LogP contribution in [0.3, 0.4) is 0 Å². The smallest absolute Gasteiger partial charge is 0.328 e. The van der Waals surface area contributed by atoms with Gasteiger partial charge in [-0.3, -0.25) is 0 Å². The summed E-state index contributed by atoms with van der Waals surface area (Å²) in [5.74, 6) is -0.150. The molecule has 0 atom stereocenters. The van der Waals surface area contributed by atoms with Gasteiger partial charge >= 0.3 is 5.97 Å². The predicted octanol–water partition coefficient (Wildman–Crippen LogP) is 3.99. The highest BCUT2D eigenvalue weighted by Gasteiger charge is 2.15. The van der Waals surface area contributed by atoms with E-state index in [1.54, 1.807) is 0 Å². The highest BCUT2D eigenvalue weighted by Crippen LogP contribution is 2.35. The van der Waals surface area contributed by atoms with Crippen molar-refractivity contribution >= 4 is 11.5 Å². The summed E-state index contributed by atoms with van der Waals surface area (Å²) in [7, 11) is 0. The molecule has 21 heavy (non-hydrogen) atoms. The van der Waals surface area contributed by atoms with E-state index in [2.05, 4.69) is 0 Å². The van der Waals surface area contributed by atoms with E-state index < -0.39 is 5.97 Å². The molecule has 0 fully saturated rings. The van der Waals surface area contributed by atoms with Gasteiger partial charge in [0, 0.05) is 11.6 Å². The SMILES string of the molecule is O=C(O)/C=C1\CCCOc2ccc(-c3ccccc3)cc21. The molecule has 1 N–H and O–H groups in total. The van der Waals surface area contributed by atoms with E-state index >= 15 is 0 Å². The zero-order valence-electron chi connectivity index (χ0n) is 11.6. The van der Waals surface area contributed by atoms with Crippen molar-refractivity contribution in [3.8, 4) is 16.9 Å². The largest absolute Gasteiger partial charge is 0.493 e. The number of ether oxygens (including phenoxy) is 1. The van der Waals surface area contributed by atoms with Gasteiger partial charge in [0.25, 0.3) is 0 Å². The molecular weight excluding hydrogens is 264 g/mol. The maximum atomic E-state index is 11.0. The number of aliphatic carboxylic acids is 1. The highest BCUT2D eigenvalue weighted by molar-refractivity contribution is 5.91. The Balaban J connectivity index is 2.10. The van der Waals surface area contributed by atoms with Crippen LogP contribution >= 0.6 is 0 Å². The fourth-order valence-corrected chi connectivity index (χ4v) is 2.60. The first-order chi connectivity index (χ1) is 10.2. The molecule has 1 aliphatic rings. The van der Waals surface area contributed by atoms with Gasteiger partial charge in [-0.15, -0.1) is 0 Å². The van der Waals surface area contributed by atoms with E-state index in [0.717, 1.165) is 40.9 Å². The van der Waals surface area contributed by atoms with Crippen LogP contribution < -0.4 is 4.74 Å². The molecule has 3 rings (SSSR count). The van der Waals surface area contributed by atoms with Crippen molar-refractivity contribution < 1.29 is 14.6 Å². The molecule has 0 bridgehead atoms. The lowest BCUT2D eigenvalue weighted by Gasteiger charge is -2.11. The van der Waals surface area contributed by atoms with E-state index in [4.69, 9.17) is 9.84 Å². The lowest BCUT2D eigenvalue weighted by atomic mass is 9.96. The summed E-state index contributed by atoms with van der Waals surface area (Å²) in [6.45, 7) is 0.620. The molecule has 0 radical (unpaired) electrons. The van der Waals surface area contributed by atoms with Crippen molar-refractivity contribution in [2.75, 3.05) is 6.61 Å². The molecule has 0 aromatic heterocycles. The van der Waals surface area contributed by atoms with Crippen molar-refractivity contribution in [3.05, 3.63) is 60.2 Å². The molecular formula is C18H16O3. The third kappa shape index (κ3) is 2.97. The van der Waals surface area contributed by atoms with Gasteiger partial charge in [-0.1, -0.05) is 36.4 Å². The lowest BCUT2D eigenvalue weighted by molar-refractivity contribution is -0.131. The zero-order chi connectivity index (χ0) is 14.7. The maximum absolute atomic E-state index is 11.0. The number of benzene rings is 2. The Hall–Kier alpha value is -2.55. The van der Waals surface area contributed by atoms with Crippen LogP contribution in [0.2, 0.25) is 0 Å². The average molecular weight is 280 g/mol. The second-order valence-electron chi connectivity index (χ2n) is 5.04. The number of carboxylic acids is 1. The van der Waals surface area contributed by atoms with Gasteiger partial charge in [-0.2, -0.15) is 0 Å². The number of fused-ring (bicyclic) bond motifs is 1. The van der Waals surface area contributed by atoms with Gasteiger partial charge in [-0.25, -0.2) is 4.79 Å². The lowest BCUT2D eigenvalue weighted by Crippen LogP contribution is -1.95. The van der Waals surface area contributed by atoms with Gasteiger partial charge in [0.05, 0.1) is 6.61 Å². The van der Waals surface area contributed by atoms with E-state index in [-0.39, 0.29) is 0 Å². The van der Waals surface area contributed by atoms with Gasteiger partial charge in [-0.05, 0) is 41.7 Å². The fourth-order valence-electron chi connectivity index (χ4n) is 2.60. The Labute approximate surface area is 123 Å². The quantitative estimate of drug-likeness (QED) is 0.846. The molecule has 2 aromatic carbocycles.